The number of rotatable bonds is 5. The maximum Gasteiger partial charge on any atom is 0.407 e. The number of aromatic nitrogens is 3. The Kier molecular flexibility index (Phi) is 6.40. The molecule has 1 atom stereocenters. The molecular weight excluding hydrogens is 406 g/mol. The Morgan fingerprint density at radius 2 is 2.13 bits per heavy atom. The predicted molar refractivity (Wildman–Crippen MR) is 115 cm³/mol. The average Bonchev–Trinajstić information content (AvgIpc) is 3.04. The van der Waals surface area contributed by atoms with Crippen LogP contribution in [-0.4, -0.2) is 51.1 Å². The van der Waals surface area contributed by atoms with Gasteiger partial charge in [0.15, 0.2) is 11.5 Å². The van der Waals surface area contributed by atoms with E-state index >= 15 is 0 Å². The first-order chi connectivity index (χ1) is 14.1. The van der Waals surface area contributed by atoms with Crippen molar-refractivity contribution in [2.75, 3.05) is 23.3 Å². The van der Waals surface area contributed by atoms with Gasteiger partial charge in [0, 0.05) is 19.1 Å². The van der Waals surface area contributed by atoms with Crippen molar-refractivity contribution >= 4 is 40.2 Å². The number of aryl methyl sites for hydroxylation is 1. The Hall–Kier alpha value is -2.95. The zero-order valence-electron chi connectivity index (χ0n) is 17.6. The Morgan fingerprint density at radius 1 is 1.37 bits per heavy atom. The highest BCUT2D eigenvalue weighted by atomic mass is 32.1. The molecule has 162 valence electrons. The van der Waals surface area contributed by atoms with Crippen LogP contribution >= 0.6 is 11.5 Å². The molecule has 1 aliphatic heterocycles. The fourth-order valence-electron chi connectivity index (χ4n) is 3.12. The number of carbonyl (C=O) groups excluding carboxylic acids is 2. The van der Waals surface area contributed by atoms with Crippen LogP contribution in [0.5, 0.6) is 0 Å². The summed E-state index contributed by atoms with van der Waals surface area (Å²) in [5.74, 6) is 0.214. The fourth-order valence-corrected chi connectivity index (χ4v) is 3.78. The molecule has 1 unspecified atom stereocenters. The van der Waals surface area contributed by atoms with Gasteiger partial charge in [0.2, 0.25) is 0 Å². The number of nitrogens with zero attached hydrogens (tertiary/aromatic N) is 4. The summed E-state index contributed by atoms with van der Waals surface area (Å²) in [6.07, 6.45) is 2.80. The van der Waals surface area contributed by atoms with Crippen molar-refractivity contribution in [1.29, 1.82) is 0 Å². The fraction of sp³-hybridized carbons (Fsp3) is 0.526. The third kappa shape index (κ3) is 5.78. The van der Waals surface area contributed by atoms with Gasteiger partial charge in [-0.25, -0.2) is 14.8 Å². The average molecular weight is 434 g/mol. The number of hydrogen-bond acceptors (Lipinski definition) is 9. The van der Waals surface area contributed by atoms with Crippen molar-refractivity contribution < 1.29 is 14.3 Å². The van der Waals surface area contributed by atoms with Crippen molar-refractivity contribution in [1.82, 2.24) is 19.7 Å². The quantitative estimate of drug-likeness (QED) is 0.655. The van der Waals surface area contributed by atoms with Gasteiger partial charge in [-0.2, -0.15) is 4.37 Å². The largest absolute Gasteiger partial charge is 0.444 e. The molecule has 2 aromatic rings. The molecule has 0 aliphatic carbocycles. The number of ether oxygens (including phenoxy) is 1. The third-order valence-electron chi connectivity index (χ3n) is 4.33. The normalized spacial score (nSPS) is 16.8. The summed E-state index contributed by atoms with van der Waals surface area (Å²) in [7, 11) is 0. The molecule has 10 nitrogen and oxygen atoms in total. The molecule has 1 saturated heterocycles. The Balaban J connectivity index is 1.75. The number of anilines is 3. The summed E-state index contributed by atoms with van der Waals surface area (Å²) >= 11 is 1.26. The van der Waals surface area contributed by atoms with Crippen LogP contribution in [0.1, 0.15) is 49.8 Å². The van der Waals surface area contributed by atoms with Crippen LogP contribution in [-0.2, 0) is 4.74 Å². The zero-order chi connectivity index (χ0) is 21.9. The standard InChI is InChI=1S/C19H27N7O3S/c1-11-8-14(30-25-11)24-17-15(16(20)27)21-9-13(23-17)26-7-5-6-12(10-26)22-18(28)29-19(2,3)4/h8-9,12H,5-7,10H2,1-4H3,(H2,20,27)(H,22,28)(H,23,24). The Bertz CT molecular complexity index is 925. The maximum absolute atomic E-state index is 12.1. The number of nitrogens with two attached hydrogens (primary N) is 1. The molecule has 0 aromatic carbocycles. The smallest absolute Gasteiger partial charge is 0.407 e. The monoisotopic (exact) mass is 433 g/mol. The molecule has 11 heteroatoms. The first-order valence-corrected chi connectivity index (χ1v) is 10.5. The lowest BCUT2D eigenvalue weighted by molar-refractivity contribution is 0.0499. The molecule has 3 rings (SSSR count). The predicted octanol–water partition coefficient (Wildman–Crippen LogP) is 2.58. The number of hydrogen-bond donors (Lipinski definition) is 3. The first-order valence-electron chi connectivity index (χ1n) is 9.72. The molecule has 2 aromatic heterocycles. The second-order valence-electron chi connectivity index (χ2n) is 8.18. The van der Waals surface area contributed by atoms with Crippen LogP contribution in [0.25, 0.3) is 0 Å². The van der Waals surface area contributed by atoms with Crippen LogP contribution in [0, 0.1) is 6.92 Å². The van der Waals surface area contributed by atoms with E-state index in [-0.39, 0.29) is 17.6 Å². The Labute approximate surface area is 179 Å². The van der Waals surface area contributed by atoms with E-state index in [4.69, 9.17) is 10.5 Å². The lowest BCUT2D eigenvalue weighted by Gasteiger charge is -2.34. The first kappa shape index (κ1) is 21.8. The molecule has 3 heterocycles. The zero-order valence-corrected chi connectivity index (χ0v) is 18.4. The summed E-state index contributed by atoms with van der Waals surface area (Å²) in [4.78, 5) is 34.7. The molecule has 4 N–H and O–H groups in total. The van der Waals surface area contributed by atoms with E-state index in [1.54, 1.807) is 0 Å². The van der Waals surface area contributed by atoms with Crippen molar-refractivity contribution in [3.8, 4) is 0 Å². The van der Waals surface area contributed by atoms with E-state index in [0.29, 0.717) is 12.4 Å². The molecule has 0 radical (unpaired) electrons. The molecule has 0 bridgehead atoms. The second kappa shape index (κ2) is 8.82. The van der Waals surface area contributed by atoms with Crippen LogP contribution in [0.15, 0.2) is 12.3 Å². The van der Waals surface area contributed by atoms with Crippen LogP contribution in [0.2, 0.25) is 0 Å². The van der Waals surface area contributed by atoms with E-state index in [1.165, 1.54) is 17.7 Å². The van der Waals surface area contributed by atoms with Crippen molar-refractivity contribution in [3.05, 3.63) is 23.7 Å². The highest BCUT2D eigenvalue weighted by Gasteiger charge is 2.26. The topological polar surface area (TPSA) is 135 Å². The minimum absolute atomic E-state index is 0.0604. The van der Waals surface area contributed by atoms with Gasteiger partial charge in [0.05, 0.1) is 11.9 Å². The van der Waals surface area contributed by atoms with E-state index in [1.807, 2.05) is 38.7 Å². The summed E-state index contributed by atoms with van der Waals surface area (Å²) in [6.45, 7) is 8.68. The Morgan fingerprint density at radius 3 is 2.77 bits per heavy atom. The lowest BCUT2D eigenvalue weighted by Crippen LogP contribution is -2.49. The number of alkyl carbamates (subject to hydrolysis) is 1. The van der Waals surface area contributed by atoms with E-state index in [9.17, 15) is 9.59 Å². The number of piperidine rings is 1. The van der Waals surface area contributed by atoms with Gasteiger partial charge in [-0.1, -0.05) is 0 Å². The molecule has 1 fully saturated rings. The van der Waals surface area contributed by atoms with Gasteiger partial charge in [-0.15, -0.1) is 0 Å². The highest BCUT2D eigenvalue weighted by molar-refractivity contribution is 7.10. The molecule has 1 aliphatic rings. The number of nitrogens with one attached hydrogen (secondary N) is 2. The van der Waals surface area contributed by atoms with Gasteiger partial charge in [0.25, 0.3) is 5.91 Å². The van der Waals surface area contributed by atoms with Gasteiger partial charge in [-0.3, -0.25) is 4.79 Å². The number of primary amides is 1. The van der Waals surface area contributed by atoms with E-state index < -0.39 is 17.6 Å². The number of amides is 2. The van der Waals surface area contributed by atoms with Gasteiger partial charge >= 0.3 is 6.09 Å². The van der Waals surface area contributed by atoms with Gasteiger partial charge in [-0.05, 0) is 58.1 Å². The summed E-state index contributed by atoms with van der Waals surface area (Å²) < 4.78 is 9.56. The SMILES string of the molecule is Cc1cc(Nc2nc(N3CCCC(NC(=O)OC(C)(C)C)C3)cnc2C(N)=O)sn1. The molecule has 0 saturated carbocycles. The highest BCUT2D eigenvalue weighted by Crippen LogP contribution is 2.25. The summed E-state index contributed by atoms with van der Waals surface area (Å²) in [5.41, 5.74) is 5.83. The van der Waals surface area contributed by atoms with Crippen LogP contribution in [0.3, 0.4) is 0 Å². The molecule has 30 heavy (non-hydrogen) atoms. The molecule has 2 amide bonds. The minimum atomic E-state index is -0.666. The molecule has 0 spiro atoms. The second-order valence-corrected chi connectivity index (χ2v) is 8.98. The van der Waals surface area contributed by atoms with Gasteiger partial charge in [0.1, 0.15) is 16.4 Å². The minimum Gasteiger partial charge on any atom is -0.444 e. The van der Waals surface area contributed by atoms with Gasteiger partial charge < -0.3 is 26.0 Å². The lowest BCUT2D eigenvalue weighted by atomic mass is 10.1. The van der Waals surface area contributed by atoms with Crippen molar-refractivity contribution in [2.45, 2.75) is 52.2 Å². The maximum atomic E-state index is 12.1. The van der Waals surface area contributed by atoms with Crippen molar-refractivity contribution in [3.63, 3.8) is 0 Å². The van der Waals surface area contributed by atoms with Crippen molar-refractivity contribution in [2.24, 2.45) is 5.73 Å². The summed E-state index contributed by atoms with van der Waals surface area (Å²) in [5, 5.41) is 6.74. The molecular formula is C19H27N7O3S. The third-order valence-corrected chi connectivity index (χ3v) is 5.12. The van der Waals surface area contributed by atoms with E-state index in [2.05, 4.69) is 25.0 Å². The van der Waals surface area contributed by atoms with Crippen LogP contribution in [0.4, 0.5) is 21.4 Å². The number of carbonyl (C=O) groups is 2. The van der Waals surface area contributed by atoms with Crippen LogP contribution < -0.4 is 21.3 Å². The summed E-state index contributed by atoms with van der Waals surface area (Å²) in [6, 6.07) is 1.78. The van der Waals surface area contributed by atoms with E-state index in [0.717, 1.165) is 30.1 Å².